The summed E-state index contributed by atoms with van der Waals surface area (Å²) in [4.78, 5) is 28.4. The van der Waals surface area contributed by atoms with Gasteiger partial charge >= 0.3 is 11.8 Å². The second kappa shape index (κ2) is 10.3. The van der Waals surface area contributed by atoms with Crippen LogP contribution in [0.5, 0.6) is 11.5 Å². The van der Waals surface area contributed by atoms with Gasteiger partial charge in [-0.25, -0.2) is 4.39 Å². The first-order valence-electron chi connectivity index (χ1n) is 10.8. The van der Waals surface area contributed by atoms with Gasteiger partial charge in [0.05, 0.1) is 5.69 Å². The molecule has 2 N–H and O–H groups in total. The molecule has 0 bridgehead atoms. The first kappa shape index (κ1) is 21.9. The van der Waals surface area contributed by atoms with Gasteiger partial charge in [-0.15, -0.1) is 0 Å². The minimum absolute atomic E-state index is 0.189. The van der Waals surface area contributed by atoms with Gasteiger partial charge < -0.3 is 25.0 Å². The van der Waals surface area contributed by atoms with Crippen LogP contribution < -0.4 is 25.0 Å². The van der Waals surface area contributed by atoms with E-state index in [4.69, 9.17) is 9.47 Å². The molecule has 170 valence electrons. The van der Waals surface area contributed by atoms with E-state index in [0.29, 0.717) is 23.7 Å². The number of carbonyl (C=O) groups is 2. The van der Waals surface area contributed by atoms with Crippen LogP contribution in [-0.4, -0.2) is 62.8 Å². The maximum absolute atomic E-state index is 13.9. The van der Waals surface area contributed by atoms with Gasteiger partial charge in [0, 0.05) is 39.3 Å². The van der Waals surface area contributed by atoms with Crippen molar-refractivity contribution in [3.8, 4) is 11.5 Å². The maximum Gasteiger partial charge on any atom is 0.309 e. The Balaban J connectivity index is 1.10. The molecule has 0 saturated carbocycles. The zero-order valence-corrected chi connectivity index (χ0v) is 17.8. The van der Waals surface area contributed by atoms with Crippen LogP contribution in [-0.2, 0) is 16.1 Å². The Morgan fingerprint density at radius 2 is 1.69 bits per heavy atom. The topological polar surface area (TPSA) is 83.1 Å². The van der Waals surface area contributed by atoms with Gasteiger partial charge in [-0.3, -0.25) is 14.5 Å². The molecule has 9 heteroatoms. The number of anilines is 1. The lowest BCUT2D eigenvalue weighted by Crippen LogP contribution is -2.47. The lowest BCUT2D eigenvalue weighted by molar-refractivity contribution is -0.139. The second-order valence-corrected chi connectivity index (χ2v) is 7.76. The van der Waals surface area contributed by atoms with E-state index in [0.717, 1.165) is 44.7 Å². The Labute approximate surface area is 186 Å². The molecule has 2 heterocycles. The van der Waals surface area contributed by atoms with E-state index >= 15 is 0 Å². The molecule has 0 unspecified atom stereocenters. The number of fused-ring (bicyclic) bond motifs is 1. The summed E-state index contributed by atoms with van der Waals surface area (Å²) in [5.41, 5.74) is 1.47. The maximum atomic E-state index is 13.9. The molecule has 4 rings (SSSR count). The average molecular weight is 442 g/mol. The van der Waals surface area contributed by atoms with Crippen LogP contribution in [0.4, 0.5) is 10.1 Å². The van der Waals surface area contributed by atoms with E-state index in [1.165, 1.54) is 6.07 Å². The van der Waals surface area contributed by atoms with Crippen LogP contribution >= 0.6 is 0 Å². The van der Waals surface area contributed by atoms with Gasteiger partial charge in [0.2, 0.25) is 6.79 Å². The Morgan fingerprint density at radius 1 is 0.938 bits per heavy atom. The fraction of sp³-hybridized carbons (Fsp3) is 0.391. The summed E-state index contributed by atoms with van der Waals surface area (Å²) in [5, 5.41) is 5.27. The van der Waals surface area contributed by atoms with Crippen molar-refractivity contribution in [2.45, 2.75) is 13.0 Å². The van der Waals surface area contributed by atoms with Gasteiger partial charge in [-0.05, 0) is 42.8 Å². The summed E-state index contributed by atoms with van der Waals surface area (Å²) in [5.74, 6) is -0.195. The van der Waals surface area contributed by atoms with Crippen molar-refractivity contribution in [2.24, 2.45) is 0 Å². The first-order chi connectivity index (χ1) is 15.6. The smallest absolute Gasteiger partial charge is 0.309 e. The summed E-state index contributed by atoms with van der Waals surface area (Å²) in [6.07, 6.45) is 0.737. The number of nitrogens with zero attached hydrogens (tertiary/aromatic N) is 2. The predicted molar refractivity (Wildman–Crippen MR) is 117 cm³/mol. The Kier molecular flexibility index (Phi) is 7.06. The quantitative estimate of drug-likeness (QED) is 0.500. The molecule has 0 atom stereocenters. The van der Waals surface area contributed by atoms with Crippen LogP contribution in [0.3, 0.4) is 0 Å². The van der Waals surface area contributed by atoms with Crippen LogP contribution in [0.2, 0.25) is 0 Å². The third-order valence-electron chi connectivity index (χ3n) is 5.60. The zero-order chi connectivity index (χ0) is 22.3. The normalized spacial score (nSPS) is 15.5. The zero-order valence-electron chi connectivity index (χ0n) is 17.8. The van der Waals surface area contributed by atoms with Crippen molar-refractivity contribution >= 4 is 17.5 Å². The minimum atomic E-state index is -0.666. The third kappa shape index (κ3) is 5.47. The van der Waals surface area contributed by atoms with E-state index in [-0.39, 0.29) is 19.2 Å². The fourth-order valence-corrected chi connectivity index (χ4v) is 3.82. The van der Waals surface area contributed by atoms with Crippen molar-refractivity contribution in [3.63, 3.8) is 0 Å². The van der Waals surface area contributed by atoms with Crippen LogP contribution in [0.1, 0.15) is 12.0 Å². The predicted octanol–water partition coefficient (Wildman–Crippen LogP) is 1.50. The highest BCUT2D eigenvalue weighted by atomic mass is 19.1. The van der Waals surface area contributed by atoms with E-state index in [1.54, 1.807) is 24.3 Å². The molecule has 0 aromatic heterocycles. The summed E-state index contributed by atoms with van der Waals surface area (Å²) >= 11 is 0. The molecule has 2 aromatic rings. The third-order valence-corrected chi connectivity index (χ3v) is 5.60. The van der Waals surface area contributed by atoms with Gasteiger partial charge in [0.25, 0.3) is 0 Å². The number of amides is 2. The SMILES string of the molecule is O=C(NCCCN1CCN(c2ccccc2F)CC1)C(=O)NCc1ccc2c(c1)OCO2. The van der Waals surface area contributed by atoms with Crippen molar-refractivity contribution in [1.82, 2.24) is 15.5 Å². The molecule has 1 fully saturated rings. The molecule has 1 saturated heterocycles. The molecule has 2 aromatic carbocycles. The number of ether oxygens (including phenoxy) is 2. The molecule has 0 spiro atoms. The number of benzene rings is 2. The van der Waals surface area contributed by atoms with Gasteiger partial charge in [-0.1, -0.05) is 18.2 Å². The van der Waals surface area contributed by atoms with Crippen LogP contribution in [0, 0.1) is 5.82 Å². The van der Waals surface area contributed by atoms with E-state index < -0.39 is 11.8 Å². The average Bonchev–Trinajstić information content (AvgIpc) is 3.29. The Bertz CT molecular complexity index is 963. The molecule has 2 aliphatic heterocycles. The lowest BCUT2D eigenvalue weighted by Gasteiger charge is -2.36. The standard InChI is InChI=1S/C23H27FN4O4/c24-18-4-1-2-5-19(18)28-12-10-27(11-13-28)9-3-8-25-22(29)23(30)26-15-17-6-7-20-21(14-17)32-16-31-20/h1-2,4-7,14H,3,8-13,15-16H2,(H,25,29)(H,26,30). The highest BCUT2D eigenvalue weighted by molar-refractivity contribution is 6.35. The number of carbonyl (C=O) groups excluding carboxylic acids is 2. The van der Waals surface area contributed by atoms with Gasteiger partial charge in [-0.2, -0.15) is 0 Å². The summed E-state index contributed by atoms with van der Waals surface area (Å²) < 4.78 is 24.5. The molecule has 32 heavy (non-hydrogen) atoms. The Hall–Kier alpha value is -3.33. The number of nitrogens with one attached hydrogen (secondary N) is 2. The fourth-order valence-electron chi connectivity index (χ4n) is 3.82. The first-order valence-corrected chi connectivity index (χ1v) is 10.8. The highest BCUT2D eigenvalue weighted by Crippen LogP contribution is 2.32. The van der Waals surface area contributed by atoms with Crippen molar-refractivity contribution in [1.29, 1.82) is 0 Å². The summed E-state index contributed by atoms with van der Waals surface area (Å²) in [6.45, 7) is 4.83. The second-order valence-electron chi connectivity index (χ2n) is 7.76. The number of piperazine rings is 1. The molecule has 2 aliphatic rings. The monoisotopic (exact) mass is 442 g/mol. The van der Waals surface area contributed by atoms with E-state index in [9.17, 15) is 14.0 Å². The summed E-state index contributed by atoms with van der Waals surface area (Å²) in [6, 6.07) is 12.2. The van der Waals surface area contributed by atoms with E-state index in [2.05, 4.69) is 20.4 Å². The molecule has 8 nitrogen and oxygen atoms in total. The molecular weight excluding hydrogens is 415 g/mol. The van der Waals surface area contributed by atoms with Gasteiger partial charge in [0.1, 0.15) is 5.82 Å². The minimum Gasteiger partial charge on any atom is -0.454 e. The lowest BCUT2D eigenvalue weighted by atomic mass is 10.2. The van der Waals surface area contributed by atoms with Crippen LogP contribution in [0.15, 0.2) is 42.5 Å². The van der Waals surface area contributed by atoms with Crippen LogP contribution in [0.25, 0.3) is 0 Å². The largest absolute Gasteiger partial charge is 0.454 e. The molecule has 0 aliphatic carbocycles. The number of para-hydroxylation sites is 1. The molecular formula is C23H27FN4O4. The number of hydrogen-bond donors (Lipinski definition) is 2. The molecule has 0 radical (unpaired) electrons. The number of halogens is 1. The van der Waals surface area contributed by atoms with Crippen molar-refractivity contribution in [2.75, 3.05) is 51.0 Å². The van der Waals surface area contributed by atoms with Crippen molar-refractivity contribution in [3.05, 3.63) is 53.8 Å². The molecule has 2 amide bonds. The Morgan fingerprint density at radius 3 is 2.50 bits per heavy atom. The van der Waals surface area contributed by atoms with Crippen molar-refractivity contribution < 1.29 is 23.5 Å². The summed E-state index contributed by atoms with van der Waals surface area (Å²) in [7, 11) is 0. The number of rotatable bonds is 7. The number of hydrogen-bond acceptors (Lipinski definition) is 6. The van der Waals surface area contributed by atoms with E-state index in [1.807, 2.05) is 12.1 Å². The van der Waals surface area contributed by atoms with Gasteiger partial charge in [0.15, 0.2) is 11.5 Å². The highest BCUT2D eigenvalue weighted by Gasteiger charge is 2.19.